The summed E-state index contributed by atoms with van der Waals surface area (Å²) in [5.41, 5.74) is 0. The number of alkyl halides is 3. The van der Waals surface area contributed by atoms with Gasteiger partial charge in [-0.1, -0.05) is 83.3 Å². The lowest BCUT2D eigenvalue weighted by Gasteiger charge is -2.15. The Morgan fingerprint density at radius 3 is 1.88 bits per heavy atom. The van der Waals surface area contributed by atoms with Gasteiger partial charge in [0.05, 0.1) is 12.6 Å². The van der Waals surface area contributed by atoms with Crippen molar-refractivity contribution in [2.75, 3.05) is 6.61 Å². The van der Waals surface area contributed by atoms with E-state index < -0.39 is 24.7 Å². The van der Waals surface area contributed by atoms with Crippen LogP contribution in [0.3, 0.4) is 0 Å². The summed E-state index contributed by atoms with van der Waals surface area (Å²) in [4.78, 5) is 10.8. The van der Waals surface area contributed by atoms with E-state index in [4.69, 9.17) is 5.11 Å². The summed E-state index contributed by atoms with van der Waals surface area (Å²) in [6, 6.07) is -0.891. The first-order valence-corrected chi connectivity index (χ1v) is 10.0. The van der Waals surface area contributed by atoms with Crippen LogP contribution in [0.15, 0.2) is 12.2 Å². The first kappa shape index (κ1) is 25.0. The number of aliphatic hydroxyl groups excluding tert-OH is 1. The second-order valence-electron chi connectivity index (χ2n) is 6.88. The van der Waals surface area contributed by atoms with Crippen LogP contribution in [0.5, 0.6) is 0 Å². The monoisotopic (exact) mass is 379 g/mol. The lowest BCUT2D eigenvalue weighted by Crippen LogP contribution is -2.44. The number of nitrogens with one attached hydrogen (secondary N) is 1. The molecule has 2 N–H and O–H groups in total. The van der Waals surface area contributed by atoms with Gasteiger partial charge in [0.2, 0.25) is 0 Å². The molecule has 1 amide bonds. The molecule has 0 aromatic heterocycles. The number of carbonyl (C=O) groups is 1. The zero-order chi connectivity index (χ0) is 19.7. The van der Waals surface area contributed by atoms with Crippen molar-refractivity contribution in [1.29, 1.82) is 0 Å². The van der Waals surface area contributed by atoms with Crippen LogP contribution in [0.2, 0.25) is 0 Å². The van der Waals surface area contributed by atoms with Crippen molar-refractivity contribution in [2.45, 2.75) is 103 Å². The third-order valence-electron chi connectivity index (χ3n) is 4.37. The standard InChI is InChI=1S/C20H36F3NO2/c1-2-3-4-5-6-7-8-9-10-11-12-13-14-15-16-18(17-25)24-19(26)20(21,22)23/h14-15,18,25H,2-13,16-17H2,1H3,(H,24,26)/b15-14+/t18-/m1/s1. The number of halogens is 3. The van der Waals surface area contributed by atoms with Crippen molar-refractivity contribution in [3.63, 3.8) is 0 Å². The van der Waals surface area contributed by atoms with E-state index in [-0.39, 0.29) is 6.42 Å². The Hall–Kier alpha value is -1.04. The number of hydrogen-bond donors (Lipinski definition) is 2. The van der Waals surface area contributed by atoms with Gasteiger partial charge in [-0.15, -0.1) is 0 Å². The van der Waals surface area contributed by atoms with Gasteiger partial charge in [-0.3, -0.25) is 4.79 Å². The van der Waals surface area contributed by atoms with E-state index in [9.17, 15) is 18.0 Å². The molecule has 0 bridgehead atoms. The molecule has 0 aromatic rings. The van der Waals surface area contributed by atoms with Crippen LogP contribution in [0.4, 0.5) is 13.2 Å². The highest BCUT2D eigenvalue weighted by Gasteiger charge is 2.39. The Labute approximate surface area is 156 Å². The van der Waals surface area contributed by atoms with Gasteiger partial charge in [-0.05, 0) is 19.3 Å². The molecule has 0 radical (unpaired) electrons. The normalized spacial score (nSPS) is 13.3. The highest BCUT2D eigenvalue weighted by Crippen LogP contribution is 2.15. The van der Waals surface area contributed by atoms with Gasteiger partial charge in [-0.2, -0.15) is 13.2 Å². The molecule has 26 heavy (non-hydrogen) atoms. The summed E-state index contributed by atoms with van der Waals surface area (Å²) >= 11 is 0. The number of unbranched alkanes of at least 4 members (excludes halogenated alkanes) is 11. The summed E-state index contributed by atoms with van der Waals surface area (Å²) < 4.78 is 36.4. The Kier molecular flexibility index (Phi) is 15.5. The Morgan fingerprint density at radius 2 is 1.42 bits per heavy atom. The second kappa shape index (κ2) is 16.2. The quantitative estimate of drug-likeness (QED) is 0.268. The molecular formula is C20H36F3NO2. The molecule has 0 aliphatic heterocycles. The minimum atomic E-state index is -4.91. The fourth-order valence-corrected chi connectivity index (χ4v) is 2.75. The summed E-state index contributed by atoms with van der Waals surface area (Å²) in [6.45, 7) is 1.72. The maximum absolute atomic E-state index is 12.1. The minimum absolute atomic E-state index is 0.205. The van der Waals surface area contributed by atoms with Gasteiger partial charge in [0.25, 0.3) is 0 Å². The Morgan fingerprint density at radius 1 is 0.923 bits per heavy atom. The largest absolute Gasteiger partial charge is 0.471 e. The smallest absolute Gasteiger partial charge is 0.394 e. The van der Waals surface area contributed by atoms with Gasteiger partial charge in [0, 0.05) is 0 Å². The molecule has 0 aliphatic rings. The maximum Gasteiger partial charge on any atom is 0.471 e. The van der Waals surface area contributed by atoms with Crippen molar-refractivity contribution >= 4 is 5.91 Å². The number of aliphatic hydroxyl groups is 1. The number of rotatable bonds is 16. The van der Waals surface area contributed by atoms with Gasteiger partial charge < -0.3 is 10.4 Å². The Balaban J connectivity index is 3.53. The van der Waals surface area contributed by atoms with Crippen LogP contribution < -0.4 is 5.32 Å². The third-order valence-corrected chi connectivity index (χ3v) is 4.37. The van der Waals surface area contributed by atoms with E-state index in [0.29, 0.717) is 0 Å². The molecule has 1 atom stereocenters. The number of carbonyl (C=O) groups excluding carboxylic acids is 1. The molecule has 0 saturated heterocycles. The Bertz CT molecular complexity index is 371. The average Bonchev–Trinajstić information content (AvgIpc) is 2.59. The highest BCUT2D eigenvalue weighted by atomic mass is 19.4. The molecule has 3 nitrogen and oxygen atoms in total. The highest BCUT2D eigenvalue weighted by molar-refractivity contribution is 5.81. The third kappa shape index (κ3) is 15.2. The zero-order valence-corrected chi connectivity index (χ0v) is 16.1. The van der Waals surface area contributed by atoms with Crippen LogP contribution >= 0.6 is 0 Å². The van der Waals surface area contributed by atoms with Crippen molar-refractivity contribution in [2.24, 2.45) is 0 Å². The number of hydrogen-bond acceptors (Lipinski definition) is 2. The van der Waals surface area contributed by atoms with Crippen molar-refractivity contribution in [1.82, 2.24) is 5.32 Å². The molecule has 0 heterocycles. The van der Waals surface area contributed by atoms with E-state index in [0.717, 1.165) is 19.3 Å². The fraction of sp³-hybridized carbons (Fsp3) is 0.850. The number of amides is 1. The molecule has 0 aromatic carbocycles. The van der Waals surface area contributed by atoms with Crippen molar-refractivity contribution < 1.29 is 23.1 Å². The molecule has 0 fully saturated rings. The van der Waals surface area contributed by atoms with Crippen LogP contribution in [-0.2, 0) is 4.79 Å². The SMILES string of the molecule is CCCCCCCCCCCCC/C=C/C[C@H](CO)NC(=O)C(F)(F)F. The topological polar surface area (TPSA) is 49.3 Å². The molecule has 0 spiro atoms. The molecule has 154 valence electrons. The molecular weight excluding hydrogens is 343 g/mol. The van der Waals surface area contributed by atoms with Crippen LogP contribution in [-0.4, -0.2) is 29.8 Å². The van der Waals surface area contributed by atoms with Gasteiger partial charge in [0.15, 0.2) is 0 Å². The first-order chi connectivity index (χ1) is 12.4. The van der Waals surface area contributed by atoms with E-state index in [2.05, 4.69) is 6.92 Å². The number of allylic oxidation sites excluding steroid dienone is 1. The van der Waals surface area contributed by atoms with Crippen molar-refractivity contribution in [3.8, 4) is 0 Å². The molecule has 0 aliphatic carbocycles. The lowest BCUT2D eigenvalue weighted by atomic mass is 10.1. The van der Waals surface area contributed by atoms with Gasteiger partial charge >= 0.3 is 12.1 Å². The lowest BCUT2D eigenvalue weighted by molar-refractivity contribution is -0.174. The molecule has 6 heteroatoms. The molecule has 0 unspecified atom stereocenters. The van der Waals surface area contributed by atoms with Gasteiger partial charge in [0.1, 0.15) is 0 Å². The maximum atomic E-state index is 12.1. The molecule has 0 saturated carbocycles. The van der Waals surface area contributed by atoms with E-state index in [1.807, 2.05) is 6.08 Å². The average molecular weight is 380 g/mol. The van der Waals surface area contributed by atoms with E-state index in [1.165, 1.54) is 57.8 Å². The van der Waals surface area contributed by atoms with Crippen LogP contribution in [0.25, 0.3) is 0 Å². The predicted molar refractivity (Wildman–Crippen MR) is 99.9 cm³/mol. The van der Waals surface area contributed by atoms with Crippen LogP contribution in [0, 0.1) is 0 Å². The zero-order valence-electron chi connectivity index (χ0n) is 16.1. The first-order valence-electron chi connectivity index (χ1n) is 10.0. The minimum Gasteiger partial charge on any atom is -0.394 e. The summed E-state index contributed by atoms with van der Waals surface area (Å²) in [5.74, 6) is -2.00. The summed E-state index contributed by atoms with van der Waals surface area (Å²) in [5, 5.41) is 10.8. The molecule has 0 rings (SSSR count). The summed E-state index contributed by atoms with van der Waals surface area (Å²) in [7, 11) is 0. The predicted octanol–water partition coefficient (Wildman–Crippen LogP) is 5.67. The van der Waals surface area contributed by atoms with E-state index in [1.54, 1.807) is 11.4 Å². The van der Waals surface area contributed by atoms with Gasteiger partial charge in [-0.25, -0.2) is 0 Å². The van der Waals surface area contributed by atoms with Crippen LogP contribution in [0.1, 0.15) is 90.4 Å². The summed E-state index contributed by atoms with van der Waals surface area (Å²) in [6.07, 6.45) is 13.9. The fourth-order valence-electron chi connectivity index (χ4n) is 2.75. The second-order valence-corrected chi connectivity index (χ2v) is 6.88. The van der Waals surface area contributed by atoms with Crippen molar-refractivity contribution in [3.05, 3.63) is 12.2 Å². The van der Waals surface area contributed by atoms with E-state index >= 15 is 0 Å².